The maximum atomic E-state index is 12.8. The standard InChI is InChI=1S/C19H19N3O2/c1-12-17-15(18(23)20-14-9-5-6-10-14)11-16(21-19(17)24-22-12)13-7-3-2-4-8-13/h2-4,7-8,11,14H,5-6,9-10H2,1H3,(H,20,23). The molecule has 2 aromatic heterocycles. The van der Waals surface area contributed by atoms with Gasteiger partial charge in [0.05, 0.1) is 22.3 Å². The molecule has 24 heavy (non-hydrogen) atoms. The number of amides is 1. The van der Waals surface area contributed by atoms with E-state index in [2.05, 4.69) is 15.5 Å². The SMILES string of the molecule is Cc1noc2nc(-c3ccccc3)cc(C(=O)NC3CCCC3)c12. The van der Waals surface area contributed by atoms with Crippen molar-refractivity contribution in [1.29, 1.82) is 0 Å². The minimum absolute atomic E-state index is 0.0715. The lowest BCUT2D eigenvalue weighted by atomic mass is 10.0. The van der Waals surface area contributed by atoms with Gasteiger partial charge < -0.3 is 9.84 Å². The molecule has 1 aliphatic rings. The van der Waals surface area contributed by atoms with E-state index in [1.54, 1.807) is 0 Å². The van der Waals surface area contributed by atoms with Gasteiger partial charge in [-0.05, 0) is 25.8 Å². The predicted molar refractivity (Wildman–Crippen MR) is 91.7 cm³/mol. The molecule has 0 unspecified atom stereocenters. The predicted octanol–water partition coefficient (Wildman–Crippen LogP) is 3.87. The number of hydrogen-bond donors (Lipinski definition) is 1. The van der Waals surface area contributed by atoms with Crippen LogP contribution in [0.3, 0.4) is 0 Å². The van der Waals surface area contributed by atoms with E-state index < -0.39 is 0 Å². The lowest BCUT2D eigenvalue weighted by Gasteiger charge is -2.13. The van der Waals surface area contributed by atoms with Gasteiger partial charge in [0.25, 0.3) is 11.6 Å². The molecular weight excluding hydrogens is 302 g/mol. The van der Waals surface area contributed by atoms with Gasteiger partial charge in [0.2, 0.25) is 0 Å². The molecule has 4 rings (SSSR count). The lowest BCUT2D eigenvalue weighted by Crippen LogP contribution is -2.32. The summed E-state index contributed by atoms with van der Waals surface area (Å²) >= 11 is 0. The molecule has 1 N–H and O–H groups in total. The van der Waals surface area contributed by atoms with E-state index >= 15 is 0 Å². The smallest absolute Gasteiger partial charge is 0.259 e. The highest BCUT2D eigenvalue weighted by atomic mass is 16.5. The Kier molecular flexibility index (Phi) is 3.76. The van der Waals surface area contributed by atoms with Crippen molar-refractivity contribution in [2.75, 3.05) is 0 Å². The Morgan fingerprint density at radius 3 is 2.71 bits per heavy atom. The van der Waals surface area contributed by atoms with Gasteiger partial charge in [-0.15, -0.1) is 0 Å². The van der Waals surface area contributed by atoms with E-state index in [9.17, 15) is 4.79 Å². The number of pyridine rings is 1. The maximum Gasteiger partial charge on any atom is 0.259 e. The summed E-state index contributed by atoms with van der Waals surface area (Å²) in [6.07, 6.45) is 4.46. The van der Waals surface area contributed by atoms with Gasteiger partial charge in [-0.1, -0.05) is 48.3 Å². The van der Waals surface area contributed by atoms with Crippen molar-refractivity contribution in [2.24, 2.45) is 0 Å². The Morgan fingerprint density at radius 2 is 1.96 bits per heavy atom. The van der Waals surface area contributed by atoms with Crippen molar-refractivity contribution in [3.05, 3.63) is 47.7 Å². The molecule has 0 radical (unpaired) electrons. The second-order valence-electron chi connectivity index (χ2n) is 6.32. The Morgan fingerprint density at radius 1 is 1.21 bits per heavy atom. The second-order valence-corrected chi connectivity index (χ2v) is 6.32. The summed E-state index contributed by atoms with van der Waals surface area (Å²) in [5.74, 6) is -0.0715. The zero-order valence-corrected chi connectivity index (χ0v) is 13.6. The van der Waals surface area contributed by atoms with Gasteiger partial charge in [-0.3, -0.25) is 4.79 Å². The fourth-order valence-electron chi connectivity index (χ4n) is 3.36. The average molecular weight is 321 g/mol. The number of nitrogens with zero attached hydrogens (tertiary/aromatic N) is 2. The molecule has 3 aromatic rings. The minimum atomic E-state index is -0.0715. The second kappa shape index (κ2) is 6.07. The van der Waals surface area contributed by atoms with Crippen molar-refractivity contribution in [1.82, 2.24) is 15.5 Å². The molecule has 0 spiro atoms. The molecule has 1 aromatic carbocycles. The molecule has 2 heterocycles. The number of carbonyl (C=O) groups is 1. The van der Waals surface area contributed by atoms with E-state index in [0.29, 0.717) is 22.4 Å². The van der Waals surface area contributed by atoms with Crippen LogP contribution < -0.4 is 5.32 Å². The van der Waals surface area contributed by atoms with Crippen LogP contribution >= 0.6 is 0 Å². The van der Waals surface area contributed by atoms with Crippen molar-refractivity contribution < 1.29 is 9.32 Å². The monoisotopic (exact) mass is 321 g/mol. The highest BCUT2D eigenvalue weighted by molar-refractivity contribution is 6.07. The maximum absolute atomic E-state index is 12.8. The van der Waals surface area contributed by atoms with Gasteiger partial charge in [-0.2, -0.15) is 0 Å². The van der Waals surface area contributed by atoms with Crippen LogP contribution in [0.1, 0.15) is 41.7 Å². The summed E-state index contributed by atoms with van der Waals surface area (Å²) in [5.41, 5.74) is 3.35. The van der Waals surface area contributed by atoms with Gasteiger partial charge in [0.15, 0.2) is 0 Å². The van der Waals surface area contributed by atoms with Crippen LogP contribution in [0.25, 0.3) is 22.4 Å². The Balaban J connectivity index is 1.79. The summed E-state index contributed by atoms with van der Waals surface area (Å²) in [6, 6.07) is 11.9. The van der Waals surface area contributed by atoms with Crippen molar-refractivity contribution in [2.45, 2.75) is 38.6 Å². The molecule has 0 saturated heterocycles. The third kappa shape index (κ3) is 2.66. The lowest BCUT2D eigenvalue weighted by molar-refractivity contribution is 0.0939. The number of benzene rings is 1. The molecule has 0 aliphatic heterocycles. The summed E-state index contributed by atoms with van der Waals surface area (Å²) in [5, 5.41) is 7.83. The topological polar surface area (TPSA) is 68.0 Å². The van der Waals surface area contributed by atoms with Crippen molar-refractivity contribution in [3.63, 3.8) is 0 Å². The first-order valence-corrected chi connectivity index (χ1v) is 8.35. The first kappa shape index (κ1) is 14.9. The Hall–Kier alpha value is -2.69. The number of rotatable bonds is 3. The summed E-state index contributed by atoms with van der Waals surface area (Å²) in [4.78, 5) is 17.4. The first-order valence-electron chi connectivity index (χ1n) is 8.35. The Bertz CT molecular complexity index is 880. The average Bonchev–Trinajstić information content (AvgIpc) is 3.25. The molecule has 5 heteroatoms. The minimum Gasteiger partial charge on any atom is -0.349 e. The van der Waals surface area contributed by atoms with Gasteiger partial charge in [-0.25, -0.2) is 4.98 Å². The molecule has 0 bridgehead atoms. The number of nitrogens with one attached hydrogen (secondary N) is 1. The highest BCUT2D eigenvalue weighted by Gasteiger charge is 2.23. The molecule has 1 fully saturated rings. The molecule has 1 amide bonds. The quantitative estimate of drug-likeness (QED) is 0.795. The molecule has 1 aliphatic carbocycles. The van der Waals surface area contributed by atoms with Crippen LogP contribution in [-0.4, -0.2) is 22.1 Å². The first-order chi connectivity index (χ1) is 11.7. The third-order valence-electron chi connectivity index (χ3n) is 4.62. The Labute approximate surface area is 140 Å². The molecule has 0 atom stereocenters. The van der Waals surface area contributed by atoms with Gasteiger partial charge in [0, 0.05) is 11.6 Å². The number of aryl methyl sites for hydroxylation is 1. The van der Waals surface area contributed by atoms with Crippen molar-refractivity contribution in [3.8, 4) is 11.3 Å². The fraction of sp³-hybridized carbons (Fsp3) is 0.316. The summed E-state index contributed by atoms with van der Waals surface area (Å²) in [7, 11) is 0. The van der Waals surface area contributed by atoms with Crippen LogP contribution in [0, 0.1) is 6.92 Å². The van der Waals surface area contributed by atoms with Crippen LogP contribution in [0.4, 0.5) is 0 Å². The van der Waals surface area contributed by atoms with Crippen molar-refractivity contribution >= 4 is 17.0 Å². The summed E-state index contributed by atoms with van der Waals surface area (Å²) < 4.78 is 5.33. The number of hydrogen-bond acceptors (Lipinski definition) is 4. The zero-order valence-electron chi connectivity index (χ0n) is 13.6. The molecule has 1 saturated carbocycles. The largest absolute Gasteiger partial charge is 0.349 e. The fourth-order valence-corrected chi connectivity index (χ4v) is 3.36. The summed E-state index contributed by atoms with van der Waals surface area (Å²) in [6.45, 7) is 1.84. The van der Waals surface area contributed by atoms with E-state index in [4.69, 9.17) is 4.52 Å². The molecule has 122 valence electrons. The van der Waals surface area contributed by atoms with Crippen LogP contribution in [0.15, 0.2) is 40.9 Å². The van der Waals surface area contributed by atoms with E-state index in [1.807, 2.05) is 43.3 Å². The highest BCUT2D eigenvalue weighted by Crippen LogP contribution is 2.27. The normalized spacial score (nSPS) is 15.0. The van der Waals surface area contributed by atoms with E-state index in [-0.39, 0.29) is 11.9 Å². The van der Waals surface area contributed by atoms with Crippen LogP contribution in [0.2, 0.25) is 0 Å². The van der Waals surface area contributed by atoms with E-state index in [0.717, 1.165) is 24.1 Å². The third-order valence-corrected chi connectivity index (χ3v) is 4.62. The number of fused-ring (bicyclic) bond motifs is 1. The van der Waals surface area contributed by atoms with Gasteiger partial charge in [0.1, 0.15) is 0 Å². The van der Waals surface area contributed by atoms with Gasteiger partial charge >= 0.3 is 0 Å². The molecular formula is C19H19N3O2. The number of aromatic nitrogens is 2. The zero-order chi connectivity index (χ0) is 16.5. The van der Waals surface area contributed by atoms with Crippen LogP contribution in [0.5, 0.6) is 0 Å². The molecule has 5 nitrogen and oxygen atoms in total. The van der Waals surface area contributed by atoms with Crippen LogP contribution in [-0.2, 0) is 0 Å². The number of carbonyl (C=O) groups excluding carboxylic acids is 1. The van der Waals surface area contributed by atoms with E-state index in [1.165, 1.54) is 12.8 Å².